The van der Waals surface area contributed by atoms with Gasteiger partial charge in [0.2, 0.25) is 5.95 Å². The molecule has 0 saturated heterocycles. The van der Waals surface area contributed by atoms with E-state index in [2.05, 4.69) is 37.2 Å². The standard InChI is InChI=1S/C18H19ClN6O2S/c1-18(8-9-18)24-16-15-13(6-7-14(19)22-15)21-17(23-16)20-10-11-2-4-12(5-3-11)25-28(26)27/h2-7,25H,8-10H2,1H3,(H,26,27)(H2,20,21,23,24)/p-1. The van der Waals surface area contributed by atoms with Crippen LogP contribution in [0.15, 0.2) is 36.4 Å². The second kappa shape index (κ2) is 7.50. The summed E-state index contributed by atoms with van der Waals surface area (Å²) in [5.74, 6) is 1.14. The van der Waals surface area contributed by atoms with Crippen LogP contribution in [0.4, 0.5) is 17.5 Å². The summed E-state index contributed by atoms with van der Waals surface area (Å²) in [5.41, 5.74) is 2.85. The van der Waals surface area contributed by atoms with Crippen LogP contribution in [0.2, 0.25) is 5.15 Å². The van der Waals surface area contributed by atoms with E-state index in [1.807, 2.05) is 18.2 Å². The number of halogens is 1. The van der Waals surface area contributed by atoms with Gasteiger partial charge in [-0.25, -0.2) is 9.97 Å². The molecular formula is C18H18ClN6O2S-. The molecule has 1 aromatic carbocycles. The first-order valence-corrected chi connectivity index (χ1v) is 10.2. The van der Waals surface area contributed by atoms with Gasteiger partial charge in [0.15, 0.2) is 5.82 Å². The lowest BCUT2D eigenvalue weighted by atomic mass is 10.2. The SMILES string of the molecule is CC1(Nc2nc(NCc3ccc(NS(=O)[O-])cc3)nc3ccc(Cl)nc23)CC1. The van der Waals surface area contributed by atoms with Crippen LogP contribution in [0.1, 0.15) is 25.3 Å². The number of aromatic nitrogens is 3. The van der Waals surface area contributed by atoms with Gasteiger partial charge >= 0.3 is 0 Å². The summed E-state index contributed by atoms with van der Waals surface area (Å²) >= 11 is 3.71. The van der Waals surface area contributed by atoms with E-state index < -0.39 is 11.3 Å². The molecule has 0 spiro atoms. The number of anilines is 3. The lowest BCUT2D eigenvalue weighted by Crippen LogP contribution is -2.18. The van der Waals surface area contributed by atoms with Crippen molar-refractivity contribution in [2.75, 3.05) is 15.4 Å². The average Bonchev–Trinajstić information content (AvgIpc) is 3.38. The monoisotopic (exact) mass is 417 g/mol. The Morgan fingerprint density at radius 2 is 1.89 bits per heavy atom. The molecule has 1 aliphatic rings. The van der Waals surface area contributed by atoms with E-state index in [0.717, 1.165) is 18.4 Å². The number of benzene rings is 1. The first-order chi connectivity index (χ1) is 13.4. The molecule has 3 aromatic rings. The minimum atomic E-state index is -2.34. The molecule has 0 bridgehead atoms. The summed E-state index contributed by atoms with van der Waals surface area (Å²) in [6.45, 7) is 2.63. The van der Waals surface area contributed by atoms with Crippen LogP contribution in [-0.2, 0) is 17.8 Å². The molecule has 3 N–H and O–H groups in total. The van der Waals surface area contributed by atoms with Crippen molar-refractivity contribution in [1.29, 1.82) is 0 Å². The van der Waals surface area contributed by atoms with Crippen molar-refractivity contribution >= 4 is 51.4 Å². The number of pyridine rings is 1. The van der Waals surface area contributed by atoms with Gasteiger partial charge in [0, 0.05) is 29.0 Å². The third-order valence-corrected chi connectivity index (χ3v) is 5.15. The number of fused-ring (bicyclic) bond motifs is 1. The van der Waals surface area contributed by atoms with Gasteiger partial charge in [-0.3, -0.25) is 4.21 Å². The molecule has 0 radical (unpaired) electrons. The quantitative estimate of drug-likeness (QED) is 0.398. The molecule has 4 rings (SSSR count). The molecule has 2 aromatic heterocycles. The van der Waals surface area contributed by atoms with Crippen molar-refractivity contribution in [2.24, 2.45) is 0 Å². The van der Waals surface area contributed by atoms with E-state index in [1.165, 1.54) is 0 Å². The summed E-state index contributed by atoms with van der Waals surface area (Å²) in [4.78, 5) is 13.5. The van der Waals surface area contributed by atoms with Crippen molar-refractivity contribution in [3.05, 3.63) is 47.1 Å². The maximum absolute atomic E-state index is 10.7. The maximum Gasteiger partial charge on any atom is 0.225 e. The second-order valence-electron chi connectivity index (χ2n) is 6.97. The molecule has 1 atom stereocenters. The number of nitrogens with zero attached hydrogens (tertiary/aromatic N) is 3. The summed E-state index contributed by atoms with van der Waals surface area (Å²) in [7, 11) is 0. The number of nitrogens with one attached hydrogen (secondary N) is 3. The van der Waals surface area contributed by atoms with Crippen molar-refractivity contribution in [2.45, 2.75) is 31.8 Å². The van der Waals surface area contributed by atoms with Crippen LogP contribution >= 0.6 is 11.6 Å². The Bertz CT molecular complexity index is 1040. The third-order valence-electron chi connectivity index (χ3n) is 4.53. The normalized spacial score (nSPS) is 15.8. The van der Waals surface area contributed by atoms with Crippen LogP contribution < -0.4 is 15.4 Å². The number of hydrogen-bond donors (Lipinski definition) is 3. The molecule has 1 fully saturated rings. The van der Waals surface area contributed by atoms with Crippen LogP contribution in [0.5, 0.6) is 0 Å². The topological polar surface area (TPSA) is 115 Å². The largest absolute Gasteiger partial charge is 0.755 e. The van der Waals surface area contributed by atoms with Crippen LogP contribution in [0.25, 0.3) is 11.0 Å². The highest BCUT2D eigenvalue weighted by molar-refractivity contribution is 7.80. The van der Waals surface area contributed by atoms with E-state index in [1.54, 1.807) is 18.2 Å². The minimum Gasteiger partial charge on any atom is -0.755 e. The summed E-state index contributed by atoms with van der Waals surface area (Å²) in [6.07, 6.45) is 2.16. The van der Waals surface area contributed by atoms with Gasteiger partial charge in [-0.2, -0.15) is 4.98 Å². The smallest absolute Gasteiger partial charge is 0.225 e. The molecule has 10 heteroatoms. The Balaban J connectivity index is 1.55. The van der Waals surface area contributed by atoms with Gasteiger partial charge in [0.05, 0.1) is 5.52 Å². The first kappa shape index (κ1) is 18.9. The first-order valence-electron chi connectivity index (χ1n) is 8.71. The number of rotatable bonds is 7. The molecule has 0 amide bonds. The average molecular weight is 418 g/mol. The van der Waals surface area contributed by atoms with Crippen LogP contribution in [0, 0.1) is 0 Å². The zero-order valence-corrected chi connectivity index (χ0v) is 16.6. The highest BCUT2D eigenvalue weighted by Gasteiger charge is 2.38. The van der Waals surface area contributed by atoms with Crippen molar-refractivity contribution in [1.82, 2.24) is 15.0 Å². The fraction of sp³-hybridized carbons (Fsp3) is 0.278. The third kappa shape index (κ3) is 4.49. The predicted octanol–water partition coefficient (Wildman–Crippen LogP) is 3.46. The molecule has 0 aliphatic heterocycles. The zero-order chi connectivity index (χ0) is 19.7. The highest BCUT2D eigenvalue weighted by atomic mass is 35.5. The zero-order valence-electron chi connectivity index (χ0n) is 15.0. The lowest BCUT2D eigenvalue weighted by Gasteiger charge is -2.15. The van der Waals surface area contributed by atoms with Crippen molar-refractivity contribution in [3.8, 4) is 0 Å². The van der Waals surface area contributed by atoms with Crippen molar-refractivity contribution < 1.29 is 8.76 Å². The van der Waals surface area contributed by atoms with E-state index in [4.69, 9.17) is 11.6 Å². The van der Waals surface area contributed by atoms with E-state index in [0.29, 0.717) is 40.2 Å². The fourth-order valence-corrected chi connectivity index (χ4v) is 3.20. The van der Waals surface area contributed by atoms with E-state index in [9.17, 15) is 8.76 Å². The molecule has 1 aliphatic carbocycles. The lowest BCUT2D eigenvalue weighted by molar-refractivity contribution is 0.542. The Kier molecular flexibility index (Phi) is 5.05. The van der Waals surface area contributed by atoms with Crippen LogP contribution in [0.3, 0.4) is 0 Å². The van der Waals surface area contributed by atoms with Gasteiger partial charge in [0.25, 0.3) is 0 Å². The highest BCUT2D eigenvalue weighted by Crippen LogP contribution is 2.39. The van der Waals surface area contributed by atoms with Crippen LogP contribution in [-0.4, -0.2) is 29.3 Å². The number of hydrogen-bond acceptors (Lipinski definition) is 7. The Morgan fingerprint density at radius 3 is 2.57 bits per heavy atom. The molecule has 8 nitrogen and oxygen atoms in total. The van der Waals surface area contributed by atoms with Gasteiger partial charge in [0.1, 0.15) is 10.7 Å². The van der Waals surface area contributed by atoms with E-state index >= 15 is 0 Å². The maximum atomic E-state index is 10.7. The molecule has 28 heavy (non-hydrogen) atoms. The molecule has 1 unspecified atom stereocenters. The molecule has 146 valence electrons. The predicted molar refractivity (Wildman–Crippen MR) is 110 cm³/mol. The molecular weight excluding hydrogens is 400 g/mol. The van der Waals surface area contributed by atoms with Gasteiger partial charge in [-0.05, 0) is 49.6 Å². The summed E-state index contributed by atoms with van der Waals surface area (Å²) in [5, 5.41) is 7.05. The summed E-state index contributed by atoms with van der Waals surface area (Å²) in [6, 6.07) is 10.6. The molecule has 1 saturated carbocycles. The fourth-order valence-electron chi connectivity index (χ4n) is 2.72. The van der Waals surface area contributed by atoms with Crippen molar-refractivity contribution in [3.63, 3.8) is 0 Å². The van der Waals surface area contributed by atoms with Gasteiger partial charge in [-0.1, -0.05) is 23.7 Å². The molecule has 2 heterocycles. The Hall–Kier alpha value is -2.49. The summed E-state index contributed by atoms with van der Waals surface area (Å²) < 4.78 is 23.6. The van der Waals surface area contributed by atoms with Gasteiger partial charge in [-0.15, -0.1) is 0 Å². The Morgan fingerprint density at radius 1 is 1.14 bits per heavy atom. The Labute approximate surface area is 169 Å². The minimum absolute atomic E-state index is 0.0348. The second-order valence-corrected chi connectivity index (χ2v) is 8.03. The van der Waals surface area contributed by atoms with Gasteiger partial charge < -0.3 is 19.9 Å². The van der Waals surface area contributed by atoms with E-state index in [-0.39, 0.29) is 5.54 Å².